The molecule has 0 saturated carbocycles. The second-order valence-corrected chi connectivity index (χ2v) is 5.78. The lowest BCUT2D eigenvalue weighted by molar-refractivity contribution is 0.139. The van der Waals surface area contributed by atoms with Crippen molar-refractivity contribution in [2.45, 2.75) is 25.3 Å². The molecule has 2 aromatic rings. The number of aromatic nitrogens is 2. The van der Waals surface area contributed by atoms with Crippen LogP contribution in [0.1, 0.15) is 11.1 Å². The molecule has 2 atom stereocenters. The Hall–Kier alpha value is -1.89. The van der Waals surface area contributed by atoms with E-state index >= 15 is 0 Å². The van der Waals surface area contributed by atoms with Gasteiger partial charge in [0.05, 0.1) is 38.3 Å². The van der Waals surface area contributed by atoms with Gasteiger partial charge in [0.2, 0.25) is 0 Å². The quantitative estimate of drug-likeness (QED) is 0.839. The fourth-order valence-electron chi connectivity index (χ4n) is 2.72. The van der Waals surface area contributed by atoms with Crippen LogP contribution in [0, 0.1) is 0 Å². The molecule has 124 valence electrons. The molecule has 1 aromatic heterocycles. The molecule has 0 bridgehead atoms. The lowest BCUT2D eigenvalue weighted by Gasteiger charge is -2.20. The number of benzene rings is 1. The average molecular weight is 317 g/mol. The number of aryl methyl sites for hydroxylation is 1. The molecule has 1 fully saturated rings. The predicted octanol–water partition coefficient (Wildman–Crippen LogP) is 1.50. The van der Waals surface area contributed by atoms with Gasteiger partial charge in [0.1, 0.15) is 6.10 Å². The van der Waals surface area contributed by atoms with Crippen molar-refractivity contribution >= 4 is 0 Å². The van der Waals surface area contributed by atoms with Crippen molar-refractivity contribution in [3.05, 3.63) is 47.8 Å². The van der Waals surface area contributed by atoms with Crippen LogP contribution in [-0.2, 0) is 29.7 Å². The van der Waals surface area contributed by atoms with Crippen molar-refractivity contribution in [1.82, 2.24) is 15.1 Å². The van der Waals surface area contributed by atoms with Crippen LogP contribution in [0.4, 0.5) is 0 Å². The van der Waals surface area contributed by atoms with Crippen LogP contribution < -0.4 is 10.1 Å². The summed E-state index contributed by atoms with van der Waals surface area (Å²) in [5.41, 5.74) is 2.41. The fourth-order valence-corrected chi connectivity index (χ4v) is 2.72. The van der Waals surface area contributed by atoms with Crippen LogP contribution in [0.15, 0.2) is 36.7 Å². The monoisotopic (exact) mass is 317 g/mol. The van der Waals surface area contributed by atoms with Crippen molar-refractivity contribution < 1.29 is 14.2 Å². The Labute approximate surface area is 136 Å². The molecule has 0 unspecified atom stereocenters. The van der Waals surface area contributed by atoms with Crippen molar-refractivity contribution in [1.29, 1.82) is 0 Å². The van der Waals surface area contributed by atoms with E-state index in [0.717, 1.165) is 12.3 Å². The summed E-state index contributed by atoms with van der Waals surface area (Å²) < 4.78 is 18.4. The number of hydrogen-bond acceptors (Lipinski definition) is 5. The molecule has 2 heterocycles. The summed E-state index contributed by atoms with van der Waals surface area (Å²) in [6.07, 6.45) is 3.59. The molecule has 1 N–H and O–H groups in total. The summed E-state index contributed by atoms with van der Waals surface area (Å²) in [7, 11) is 3.59. The van der Waals surface area contributed by atoms with E-state index in [1.54, 1.807) is 18.0 Å². The fraction of sp³-hybridized carbons (Fsp3) is 0.471. The zero-order chi connectivity index (χ0) is 16.1. The number of rotatable bonds is 7. The lowest BCUT2D eigenvalue weighted by atomic mass is 10.1. The van der Waals surface area contributed by atoms with E-state index < -0.39 is 0 Å². The van der Waals surface area contributed by atoms with Crippen LogP contribution in [-0.4, -0.2) is 42.2 Å². The van der Waals surface area contributed by atoms with Crippen LogP contribution >= 0.6 is 0 Å². The predicted molar refractivity (Wildman–Crippen MR) is 86.2 cm³/mol. The van der Waals surface area contributed by atoms with E-state index in [0.29, 0.717) is 19.8 Å². The first-order valence-electron chi connectivity index (χ1n) is 7.78. The van der Waals surface area contributed by atoms with Crippen LogP contribution in [0.5, 0.6) is 5.75 Å². The summed E-state index contributed by atoms with van der Waals surface area (Å²) in [5, 5.41) is 7.65. The third kappa shape index (κ3) is 4.31. The smallest absolute Gasteiger partial charge is 0.157 e. The molecule has 3 rings (SSSR count). The van der Waals surface area contributed by atoms with Gasteiger partial charge in [-0.2, -0.15) is 5.10 Å². The van der Waals surface area contributed by atoms with Gasteiger partial charge in [-0.1, -0.05) is 24.3 Å². The number of ether oxygens (including phenoxy) is 3. The Kier molecular flexibility index (Phi) is 5.27. The average Bonchev–Trinajstić information content (AvgIpc) is 3.15. The maximum Gasteiger partial charge on any atom is 0.157 e. The largest absolute Gasteiger partial charge is 0.483 e. The molecular weight excluding hydrogens is 294 g/mol. The standard InChI is InChI=1S/C17H23N3O3/c1-20-9-15(8-19-20)23-17-12-22-11-16(17)18-7-13-4-3-5-14(6-13)10-21-2/h3-6,8-9,16-18H,7,10-12H2,1-2H3/t16-,17+/m0/s1. The molecule has 0 radical (unpaired) electrons. The minimum Gasteiger partial charge on any atom is -0.483 e. The van der Waals surface area contributed by atoms with E-state index in [1.165, 1.54) is 11.1 Å². The molecule has 1 saturated heterocycles. The Morgan fingerprint density at radius 3 is 3.00 bits per heavy atom. The van der Waals surface area contributed by atoms with Gasteiger partial charge < -0.3 is 19.5 Å². The van der Waals surface area contributed by atoms with Gasteiger partial charge in [0.25, 0.3) is 0 Å². The summed E-state index contributed by atoms with van der Waals surface area (Å²) in [6, 6.07) is 8.56. The molecular formula is C17H23N3O3. The Morgan fingerprint density at radius 1 is 1.35 bits per heavy atom. The molecule has 1 aromatic carbocycles. The molecule has 0 amide bonds. The molecule has 1 aliphatic rings. The third-order valence-corrected chi connectivity index (χ3v) is 3.87. The van der Waals surface area contributed by atoms with E-state index in [9.17, 15) is 0 Å². The van der Waals surface area contributed by atoms with Gasteiger partial charge in [-0.3, -0.25) is 4.68 Å². The van der Waals surface area contributed by atoms with Gasteiger partial charge in [0, 0.05) is 20.7 Å². The van der Waals surface area contributed by atoms with Gasteiger partial charge in [-0.15, -0.1) is 0 Å². The summed E-state index contributed by atoms with van der Waals surface area (Å²) in [4.78, 5) is 0. The summed E-state index contributed by atoms with van der Waals surface area (Å²) in [5.74, 6) is 0.775. The van der Waals surface area contributed by atoms with E-state index in [-0.39, 0.29) is 12.1 Å². The number of nitrogens with zero attached hydrogens (tertiary/aromatic N) is 2. The molecule has 6 heteroatoms. The highest BCUT2D eigenvalue weighted by atomic mass is 16.5. The zero-order valence-corrected chi connectivity index (χ0v) is 13.6. The van der Waals surface area contributed by atoms with Crippen molar-refractivity contribution in [2.75, 3.05) is 20.3 Å². The van der Waals surface area contributed by atoms with Gasteiger partial charge in [0.15, 0.2) is 5.75 Å². The summed E-state index contributed by atoms with van der Waals surface area (Å²) >= 11 is 0. The number of methoxy groups -OCH3 is 1. The third-order valence-electron chi connectivity index (χ3n) is 3.87. The molecule has 6 nitrogen and oxygen atoms in total. The van der Waals surface area contributed by atoms with Crippen molar-refractivity contribution in [2.24, 2.45) is 7.05 Å². The van der Waals surface area contributed by atoms with Gasteiger partial charge in [-0.25, -0.2) is 0 Å². The van der Waals surface area contributed by atoms with Crippen molar-refractivity contribution in [3.63, 3.8) is 0 Å². The Balaban J connectivity index is 1.55. The maximum atomic E-state index is 5.97. The number of nitrogens with one attached hydrogen (secondary N) is 1. The normalized spacial score (nSPS) is 20.8. The molecule has 0 spiro atoms. The highest BCUT2D eigenvalue weighted by Gasteiger charge is 2.30. The van der Waals surface area contributed by atoms with Crippen molar-refractivity contribution in [3.8, 4) is 5.75 Å². The van der Waals surface area contributed by atoms with E-state index in [2.05, 4.69) is 34.7 Å². The molecule has 0 aliphatic carbocycles. The van der Waals surface area contributed by atoms with Crippen LogP contribution in [0.3, 0.4) is 0 Å². The minimum absolute atomic E-state index is 0.00126. The Bertz CT molecular complexity index is 629. The highest BCUT2D eigenvalue weighted by Crippen LogP contribution is 2.17. The van der Waals surface area contributed by atoms with E-state index in [1.807, 2.05) is 13.2 Å². The SMILES string of the molecule is COCc1cccc(CN[C@H]2COC[C@H]2Oc2cnn(C)c2)c1. The number of hydrogen-bond donors (Lipinski definition) is 1. The summed E-state index contributed by atoms with van der Waals surface area (Å²) in [6.45, 7) is 2.66. The maximum absolute atomic E-state index is 5.97. The Morgan fingerprint density at radius 2 is 2.22 bits per heavy atom. The molecule has 1 aliphatic heterocycles. The minimum atomic E-state index is 0.00126. The first kappa shape index (κ1) is 16.0. The zero-order valence-electron chi connectivity index (χ0n) is 13.6. The second kappa shape index (κ2) is 7.59. The van der Waals surface area contributed by atoms with E-state index in [4.69, 9.17) is 14.2 Å². The van der Waals surface area contributed by atoms with Gasteiger partial charge in [-0.05, 0) is 11.1 Å². The first-order valence-corrected chi connectivity index (χ1v) is 7.78. The second-order valence-electron chi connectivity index (χ2n) is 5.78. The van der Waals surface area contributed by atoms with Crippen LogP contribution in [0.2, 0.25) is 0 Å². The molecule has 23 heavy (non-hydrogen) atoms. The highest BCUT2D eigenvalue weighted by molar-refractivity contribution is 5.23. The first-order chi connectivity index (χ1) is 11.2. The van der Waals surface area contributed by atoms with Crippen LogP contribution in [0.25, 0.3) is 0 Å². The lowest BCUT2D eigenvalue weighted by Crippen LogP contribution is -2.41. The van der Waals surface area contributed by atoms with Gasteiger partial charge >= 0.3 is 0 Å². The topological polar surface area (TPSA) is 57.5 Å².